The minimum atomic E-state index is -0.000395. The zero-order valence-electron chi connectivity index (χ0n) is 11.8. The number of carbonyl (C=O) groups is 1. The van der Waals surface area contributed by atoms with Crippen LogP contribution in [0.1, 0.15) is 44.5 Å². The van der Waals surface area contributed by atoms with Crippen molar-refractivity contribution in [2.75, 3.05) is 18.4 Å². The van der Waals surface area contributed by atoms with E-state index in [9.17, 15) is 4.79 Å². The largest absolute Gasteiger partial charge is 0.385 e. The van der Waals surface area contributed by atoms with E-state index in [-0.39, 0.29) is 11.3 Å². The van der Waals surface area contributed by atoms with Gasteiger partial charge < -0.3 is 10.6 Å². The van der Waals surface area contributed by atoms with Crippen LogP contribution in [0.25, 0.3) is 0 Å². The Morgan fingerprint density at radius 3 is 2.28 bits per heavy atom. The van der Waals surface area contributed by atoms with Crippen LogP contribution in [0, 0.1) is 5.41 Å². The number of rotatable bonds is 6. The van der Waals surface area contributed by atoms with E-state index in [0.29, 0.717) is 12.1 Å². The molecule has 1 aromatic carbocycles. The first-order chi connectivity index (χ1) is 8.48. The van der Waals surface area contributed by atoms with Gasteiger partial charge in [-0.05, 0) is 43.0 Å². The van der Waals surface area contributed by atoms with E-state index in [1.54, 1.807) is 0 Å². The van der Waals surface area contributed by atoms with Crippen LogP contribution in [0.5, 0.6) is 0 Å². The number of anilines is 1. The Bertz CT molecular complexity index is 382. The van der Waals surface area contributed by atoms with Gasteiger partial charge in [0.05, 0.1) is 0 Å². The Kier molecular flexibility index (Phi) is 5.20. The van der Waals surface area contributed by atoms with Gasteiger partial charge in [0, 0.05) is 24.3 Å². The molecule has 0 saturated carbocycles. The summed E-state index contributed by atoms with van der Waals surface area (Å²) in [5, 5.41) is 6.19. The van der Waals surface area contributed by atoms with E-state index >= 15 is 0 Å². The lowest BCUT2D eigenvalue weighted by molar-refractivity contribution is 0.0936. The van der Waals surface area contributed by atoms with Crippen molar-refractivity contribution in [3.63, 3.8) is 0 Å². The van der Waals surface area contributed by atoms with Crippen LogP contribution in [0.2, 0.25) is 0 Å². The SMILES string of the molecule is CCNc1ccc(C(=O)NCC(C)(C)CC)cc1. The lowest BCUT2D eigenvalue weighted by atomic mass is 9.90. The number of hydrogen-bond donors (Lipinski definition) is 2. The molecule has 0 unspecified atom stereocenters. The molecule has 3 nitrogen and oxygen atoms in total. The first-order valence-electron chi connectivity index (χ1n) is 6.60. The van der Waals surface area contributed by atoms with Crippen molar-refractivity contribution in [2.24, 2.45) is 5.41 Å². The van der Waals surface area contributed by atoms with Crippen molar-refractivity contribution < 1.29 is 4.79 Å². The van der Waals surface area contributed by atoms with Crippen molar-refractivity contribution in [1.82, 2.24) is 5.32 Å². The minimum Gasteiger partial charge on any atom is -0.385 e. The first kappa shape index (κ1) is 14.6. The van der Waals surface area contributed by atoms with Gasteiger partial charge in [-0.1, -0.05) is 20.8 Å². The van der Waals surface area contributed by atoms with Gasteiger partial charge in [0.25, 0.3) is 5.91 Å². The quantitative estimate of drug-likeness (QED) is 0.811. The summed E-state index contributed by atoms with van der Waals surface area (Å²) in [5.74, 6) is -0.000395. The normalized spacial score (nSPS) is 11.1. The average Bonchev–Trinajstić information content (AvgIpc) is 2.37. The van der Waals surface area contributed by atoms with Crippen molar-refractivity contribution in [2.45, 2.75) is 34.1 Å². The summed E-state index contributed by atoms with van der Waals surface area (Å²) in [4.78, 5) is 11.9. The molecule has 100 valence electrons. The van der Waals surface area contributed by atoms with E-state index in [4.69, 9.17) is 0 Å². The minimum absolute atomic E-state index is 0.000395. The Labute approximate surface area is 110 Å². The predicted octanol–water partition coefficient (Wildman–Crippen LogP) is 3.28. The molecule has 1 aromatic rings. The van der Waals surface area contributed by atoms with Crippen molar-refractivity contribution in [3.8, 4) is 0 Å². The van der Waals surface area contributed by atoms with Gasteiger partial charge >= 0.3 is 0 Å². The molecule has 0 spiro atoms. The number of amides is 1. The van der Waals surface area contributed by atoms with Gasteiger partial charge in [0.1, 0.15) is 0 Å². The molecule has 0 fully saturated rings. The average molecular weight is 248 g/mol. The summed E-state index contributed by atoms with van der Waals surface area (Å²) in [5.41, 5.74) is 1.91. The fourth-order valence-electron chi connectivity index (χ4n) is 1.49. The zero-order valence-corrected chi connectivity index (χ0v) is 11.8. The molecule has 0 radical (unpaired) electrons. The molecule has 1 amide bonds. The molecule has 0 bridgehead atoms. The summed E-state index contributed by atoms with van der Waals surface area (Å²) in [7, 11) is 0. The highest BCUT2D eigenvalue weighted by Gasteiger charge is 2.16. The van der Waals surface area contributed by atoms with Gasteiger partial charge in [0.2, 0.25) is 0 Å². The van der Waals surface area contributed by atoms with Gasteiger partial charge in [-0.3, -0.25) is 4.79 Å². The maximum absolute atomic E-state index is 11.9. The summed E-state index contributed by atoms with van der Waals surface area (Å²) in [6.45, 7) is 10.1. The third-order valence-electron chi connectivity index (χ3n) is 3.21. The molecule has 0 aliphatic carbocycles. The third kappa shape index (κ3) is 4.40. The van der Waals surface area contributed by atoms with Crippen LogP contribution in [0.3, 0.4) is 0 Å². The van der Waals surface area contributed by atoms with Gasteiger partial charge in [-0.25, -0.2) is 0 Å². The lowest BCUT2D eigenvalue weighted by Gasteiger charge is -2.22. The highest BCUT2D eigenvalue weighted by atomic mass is 16.1. The van der Waals surface area contributed by atoms with E-state index in [0.717, 1.165) is 18.7 Å². The van der Waals surface area contributed by atoms with E-state index in [1.165, 1.54) is 0 Å². The smallest absolute Gasteiger partial charge is 0.251 e. The second-order valence-corrected chi connectivity index (χ2v) is 5.31. The number of benzene rings is 1. The van der Waals surface area contributed by atoms with Gasteiger partial charge in [0.15, 0.2) is 0 Å². The topological polar surface area (TPSA) is 41.1 Å². The standard InChI is InChI=1S/C15H24N2O/c1-5-15(3,4)11-17-14(18)12-7-9-13(10-8-12)16-6-2/h7-10,16H,5-6,11H2,1-4H3,(H,17,18). The molecule has 0 aliphatic heterocycles. The molecule has 0 aromatic heterocycles. The Hall–Kier alpha value is -1.51. The van der Waals surface area contributed by atoms with E-state index in [1.807, 2.05) is 31.2 Å². The maximum atomic E-state index is 11.9. The Balaban J connectivity index is 2.56. The van der Waals surface area contributed by atoms with E-state index < -0.39 is 0 Å². The Morgan fingerprint density at radius 1 is 1.17 bits per heavy atom. The Morgan fingerprint density at radius 2 is 1.78 bits per heavy atom. The summed E-state index contributed by atoms with van der Waals surface area (Å²) in [6.07, 6.45) is 1.05. The highest BCUT2D eigenvalue weighted by Crippen LogP contribution is 2.18. The van der Waals surface area contributed by atoms with Crippen molar-refractivity contribution >= 4 is 11.6 Å². The molecular formula is C15H24N2O. The van der Waals surface area contributed by atoms with Crippen LogP contribution in [0.15, 0.2) is 24.3 Å². The van der Waals surface area contributed by atoms with Crippen LogP contribution < -0.4 is 10.6 Å². The third-order valence-corrected chi connectivity index (χ3v) is 3.21. The predicted molar refractivity (Wildman–Crippen MR) is 77.0 cm³/mol. The molecule has 1 rings (SSSR count). The van der Waals surface area contributed by atoms with Crippen LogP contribution in [0.4, 0.5) is 5.69 Å². The molecule has 3 heteroatoms. The highest BCUT2D eigenvalue weighted by molar-refractivity contribution is 5.94. The van der Waals surface area contributed by atoms with Crippen LogP contribution in [-0.4, -0.2) is 19.0 Å². The monoisotopic (exact) mass is 248 g/mol. The van der Waals surface area contributed by atoms with Gasteiger partial charge in [-0.2, -0.15) is 0 Å². The van der Waals surface area contributed by atoms with Crippen LogP contribution >= 0.6 is 0 Å². The van der Waals surface area contributed by atoms with Gasteiger partial charge in [-0.15, -0.1) is 0 Å². The number of nitrogens with one attached hydrogen (secondary N) is 2. The van der Waals surface area contributed by atoms with E-state index in [2.05, 4.69) is 31.4 Å². The summed E-state index contributed by atoms with van der Waals surface area (Å²) >= 11 is 0. The first-order valence-corrected chi connectivity index (χ1v) is 6.60. The second kappa shape index (κ2) is 6.43. The molecule has 0 atom stereocenters. The lowest BCUT2D eigenvalue weighted by Crippen LogP contribution is -2.33. The molecule has 2 N–H and O–H groups in total. The summed E-state index contributed by atoms with van der Waals surface area (Å²) in [6, 6.07) is 7.57. The fourth-order valence-corrected chi connectivity index (χ4v) is 1.49. The maximum Gasteiger partial charge on any atom is 0.251 e. The zero-order chi connectivity index (χ0) is 13.6. The molecule has 0 saturated heterocycles. The van der Waals surface area contributed by atoms with Crippen LogP contribution in [-0.2, 0) is 0 Å². The number of hydrogen-bond acceptors (Lipinski definition) is 2. The molecule has 18 heavy (non-hydrogen) atoms. The molecular weight excluding hydrogens is 224 g/mol. The fraction of sp³-hybridized carbons (Fsp3) is 0.533. The number of carbonyl (C=O) groups excluding carboxylic acids is 1. The van der Waals surface area contributed by atoms with Crippen molar-refractivity contribution in [3.05, 3.63) is 29.8 Å². The summed E-state index contributed by atoms with van der Waals surface area (Å²) < 4.78 is 0. The van der Waals surface area contributed by atoms with Crippen molar-refractivity contribution in [1.29, 1.82) is 0 Å². The molecule has 0 aliphatic rings. The second-order valence-electron chi connectivity index (χ2n) is 5.31. The molecule has 0 heterocycles.